The molecule has 9 nitrogen and oxygen atoms in total. The molecule has 32 heavy (non-hydrogen) atoms. The molecule has 1 amide bonds. The third-order valence-electron chi connectivity index (χ3n) is 5.61. The molecule has 1 saturated heterocycles. The number of amidine groups is 1. The minimum absolute atomic E-state index is 0.0000643. The van der Waals surface area contributed by atoms with E-state index >= 15 is 0 Å². The first-order valence-electron chi connectivity index (χ1n) is 11.2. The lowest BCUT2D eigenvalue weighted by Gasteiger charge is -2.33. The Hall–Kier alpha value is -1.98. The number of sulfonamides is 2. The zero-order chi connectivity index (χ0) is 23.2. The minimum atomic E-state index is -3.84. The zero-order valence-corrected chi connectivity index (χ0v) is 20.1. The molecule has 0 radical (unpaired) electrons. The van der Waals surface area contributed by atoms with Crippen molar-refractivity contribution in [3.05, 3.63) is 24.3 Å². The highest BCUT2D eigenvalue weighted by Crippen LogP contribution is 2.24. The molecule has 2 heterocycles. The molecule has 0 bridgehead atoms. The van der Waals surface area contributed by atoms with Gasteiger partial charge in [0.2, 0.25) is 15.9 Å². The summed E-state index contributed by atoms with van der Waals surface area (Å²) in [6.07, 6.45) is 5.82. The average Bonchev–Trinajstić information content (AvgIpc) is 3.02. The van der Waals surface area contributed by atoms with E-state index < -0.39 is 32.0 Å². The number of benzene rings is 1. The standard InChI is InChI=1S/C21H32N4O5S2/c1-2-15-31(27,28)25-14-7-5-11-19(25)21(26)23-17-9-8-10-18(16-17)32(29,30)24-20-12-4-3-6-13-22-20/h8-10,16,19H,2-7,11-15H2,1H3,(H,22,24)(H,23,26). The van der Waals surface area contributed by atoms with Crippen LogP contribution in [0.1, 0.15) is 58.3 Å². The molecule has 178 valence electrons. The molecule has 1 aromatic rings. The van der Waals surface area contributed by atoms with Gasteiger partial charge in [0.1, 0.15) is 11.9 Å². The molecule has 0 spiro atoms. The lowest BCUT2D eigenvalue weighted by molar-refractivity contribution is -0.120. The summed E-state index contributed by atoms with van der Waals surface area (Å²) in [6.45, 7) is 2.71. The van der Waals surface area contributed by atoms with Crippen LogP contribution >= 0.6 is 0 Å². The van der Waals surface area contributed by atoms with Gasteiger partial charge >= 0.3 is 0 Å². The van der Waals surface area contributed by atoms with Crippen molar-refractivity contribution in [2.75, 3.05) is 24.2 Å². The molecule has 1 aromatic carbocycles. The van der Waals surface area contributed by atoms with Crippen LogP contribution < -0.4 is 10.0 Å². The van der Waals surface area contributed by atoms with Gasteiger partial charge in [-0.2, -0.15) is 4.31 Å². The van der Waals surface area contributed by atoms with Crippen molar-refractivity contribution in [1.82, 2.24) is 9.03 Å². The summed E-state index contributed by atoms with van der Waals surface area (Å²) in [7, 11) is -7.36. The van der Waals surface area contributed by atoms with Gasteiger partial charge in [-0.25, -0.2) is 16.8 Å². The van der Waals surface area contributed by atoms with Crippen LogP contribution in [0.4, 0.5) is 5.69 Å². The van der Waals surface area contributed by atoms with E-state index in [1.807, 2.05) is 0 Å². The summed E-state index contributed by atoms with van der Waals surface area (Å²) in [5.74, 6) is 0.0102. The van der Waals surface area contributed by atoms with Crippen LogP contribution in [0.15, 0.2) is 34.2 Å². The van der Waals surface area contributed by atoms with Gasteiger partial charge in [-0.05, 0) is 50.3 Å². The maximum Gasteiger partial charge on any atom is 0.262 e. The fourth-order valence-corrected chi connectivity index (χ4v) is 6.89. The monoisotopic (exact) mass is 484 g/mol. The van der Waals surface area contributed by atoms with E-state index in [-0.39, 0.29) is 10.6 Å². The number of hydrogen-bond acceptors (Lipinski definition) is 6. The van der Waals surface area contributed by atoms with Gasteiger partial charge in [0.05, 0.1) is 10.6 Å². The van der Waals surface area contributed by atoms with Crippen molar-refractivity contribution < 1.29 is 21.6 Å². The van der Waals surface area contributed by atoms with Gasteiger partial charge in [-0.1, -0.05) is 25.8 Å². The Balaban J connectivity index is 1.74. The predicted molar refractivity (Wildman–Crippen MR) is 125 cm³/mol. The van der Waals surface area contributed by atoms with Crippen LogP contribution in [-0.2, 0) is 24.8 Å². The quantitative estimate of drug-likeness (QED) is 0.615. The van der Waals surface area contributed by atoms with Crippen molar-refractivity contribution in [1.29, 1.82) is 0 Å². The Labute approximate surface area is 190 Å². The van der Waals surface area contributed by atoms with Crippen molar-refractivity contribution >= 4 is 37.5 Å². The molecule has 1 fully saturated rings. The number of carbonyl (C=O) groups is 1. The lowest BCUT2D eigenvalue weighted by Crippen LogP contribution is -2.50. The zero-order valence-electron chi connectivity index (χ0n) is 18.4. The number of aliphatic imine (C=N–C) groups is 1. The van der Waals surface area contributed by atoms with Crippen LogP contribution in [0.5, 0.6) is 0 Å². The van der Waals surface area contributed by atoms with E-state index in [1.54, 1.807) is 19.1 Å². The van der Waals surface area contributed by atoms with Crippen LogP contribution in [0, 0.1) is 0 Å². The van der Waals surface area contributed by atoms with E-state index in [1.165, 1.54) is 16.4 Å². The Morgan fingerprint density at radius 3 is 2.72 bits per heavy atom. The molecule has 11 heteroatoms. The third kappa shape index (κ3) is 6.29. The van der Waals surface area contributed by atoms with Gasteiger partial charge in [-0.3, -0.25) is 14.5 Å². The van der Waals surface area contributed by atoms with Crippen LogP contribution in [-0.4, -0.2) is 57.8 Å². The average molecular weight is 485 g/mol. The fourth-order valence-electron chi connectivity index (χ4n) is 4.01. The van der Waals surface area contributed by atoms with Gasteiger partial charge in [0, 0.05) is 25.2 Å². The summed E-state index contributed by atoms with van der Waals surface area (Å²) in [6, 6.07) is 5.18. The highest BCUT2D eigenvalue weighted by atomic mass is 32.2. The van der Waals surface area contributed by atoms with Crippen LogP contribution in [0.2, 0.25) is 0 Å². The first-order valence-corrected chi connectivity index (χ1v) is 14.3. The maximum atomic E-state index is 12.9. The number of rotatable bonds is 7. The van der Waals surface area contributed by atoms with Crippen molar-refractivity contribution in [2.45, 2.75) is 69.2 Å². The normalized spacial score (nSPS) is 20.8. The summed E-state index contributed by atoms with van der Waals surface area (Å²) in [5.41, 5.74) is 0.305. The van der Waals surface area contributed by atoms with Gasteiger partial charge in [0.25, 0.3) is 10.0 Å². The van der Waals surface area contributed by atoms with Crippen molar-refractivity contribution in [3.63, 3.8) is 0 Å². The summed E-state index contributed by atoms with van der Waals surface area (Å²) < 4.78 is 54.7. The second kappa shape index (κ2) is 10.8. The molecule has 0 saturated carbocycles. The second-order valence-corrected chi connectivity index (χ2v) is 11.9. The summed E-state index contributed by atoms with van der Waals surface area (Å²) >= 11 is 0. The number of hydrogen-bond donors (Lipinski definition) is 2. The highest BCUT2D eigenvalue weighted by molar-refractivity contribution is 7.90. The first-order chi connectivity index (χ1) is 15.2. The second-order valence-electron chi connectivity index (χ2n) is 8.20. The topological polar surface area (TPSA) is 125 Å². The summed E-state index contributed by atoms with van der Waals surface area (Å²) in [4.78, 5) is 17.3. The van der Waals surface area contributed by atoms with Crippen LogP contribution in [0.25, 0.3) is 0 Å². The van der Waals surface area contributed by atoms with Gasteiger partial charge in [-0.15, -0.1) is 0 Å². The smallest absolute Gasteiger partial charge is 0.262 e. The number of anilines is 1. The van der Waals surface area contributed by atoms with E-state index in [4.69, 9.17) is 0 Å². The van der Waals surface area contributed by atoms with E-state index in [2.05, 4.69) is 15.0 Å². The third-order valence-corrected chi connectivity index (χ3v) is 9.07. The lowest BCUT2D eigenvalue weighted by atomic mass is 10.0. The molecular formula is C21H32N4O5S2. The van der Waals surface area contributed by atoms with E-state index in [0.717, 1.165) is 32.1 Å². The Morgan fingerprint density at radius 2 is 1.94 bits per heavy atom. The number of nitrogens with one attached hydrogen (secondary N) is 2. The largest absolute Gasteiger partial charge is 0.325 e. The van der Waals surface area contributed by atoms with Crippen molar-refractivity contribution in [2.24, 2.45) is 4.99 Å². The number of nitrogens with zero attached hydrogens (tertiary/aromatic N) is 2. The molecule has 1 unspecified atom stereocenters. The SMILES string of the molecule is CCCS(=O)(=O)N1CCCCC1C(=O)Nc1cccc(S(=O)(=O)NC2=NCCCCC2)c1. The molecule has 1 atom stereocenters. The predicted octanol–water partition coefficient (Wildman–Crippen LogP) is 2.47. The molecular weight excluding hydrogens is 452 g/mol. The number of carbonyl (C=O) groups excluding carboxylic acids is 1. The molecule has 0 aromatic heterocycles. The number of amides is 1. The molecule has 2 aliphatic rings. The Kier molecular flexibility index (Phi) is 8.29. The van der Waals surface area contributed by atoms with E-state index in [9.17, 15) is 21.6 Å². The maximum absolute atomic E-state index is 12.9. The first kappa shape index (κ1) is 24.7. The fraction of sp³-hybridized carbons (Fsp3) is 0.619. The highest BCUT2D eigenvalue weighted by Gasteiger charge is 2.36. The molecule has 2 aliphatic heterocycles. The number of piperidine rings is 1. The van der Waals surface area contributed by atoms with Crippen LogP contribution in [0.3, 0.4) is 0 Å². The molecule has 3 rings (SSSR count). The Bertz CT molecular complexity index is 1050. The molecule has 0 aliphatic carbocycles. The van der Waals surface area contributed by atoms with Gasteiger partial charge < -0.3 is 5.32 Å². The summed E-state index contributed by atoms with van der Waals surface area (Å²) in [5, 5.41) is 2.71. The molecule has 2 N–H and O–H groups in total. The van der Waals surface area contributed by atoms with Crippen molar-refractivity contribution in [3.8, 4) is 0 Å². The minimum Gasteiger partial charge on any atom is -0.325 e. The Morgan fingerprint density at radius 1 is 1.12 bits per heavy atom. The van der Waals surface area contributed by atoms with E-state index in [0.29, 0.717) is 43.9 Å². The van der Waals surface area contributed by atoms with Gasteiger partial charge in [0.15, 0.2) is 0 Å².